The predicted molar refractivity (Wildman–Crippen MR) is 66.5 cm³/mol. The lowest BCUT2D eigenvalue weighted by Gasteiger charge is -2.23. The topological polar surface area (TPSA) is 78.0 Å². The zero-order valence-electron chi connectivity index (χ0n) is 10.3. The Bertz CT molecular complexity index is 505. The molecule has 0 aliphatic carbocycles. The maximum Gasteiger partial charge on any atom is 0.150 e. The molecule has 0 aromatic carbocycles. The highest BCUT2D eigenvalue weighted by Gasteiger charge is 2.27. The van der Waals surface area contributed by atoms with E-state index in [0.717, 1.165) is 17.0 Å². The van der Waals surface area contributed by atoms with E-state index in [2.05, 4.69) is 5.10 Å². The zero-order chi connectivity index (χ0) is 12.6. The molecule has 1 aliphatic heterocycles. The molecule has 96 valence electrons. The van der Waals surface area contributed by atoms with Crippen LogP contribution in [0.4, 0.5) is 0 Å². The van der Waals surface area contributed by atoms with Gasteiger partial charge in [-0.15, -0.1) is 0 Å². The van der Waals surface area contributed by atoms with Gasteiger partial charge >= 0.3 is 0 Å². The number of nitrogens with two attached hydrogens (primary N) is 1. The summed E-state index contributed by atoms with van der Waals surface area (Å²) in [4.78, 5) is 0. The first-order valence-electron chi connectivity index (χ1n) is 5.89. The van der Waals surface area contributed by atoms with Gasteiger partial charge in [0.1, 0.15) is 9.84 Å². The van der Waals surface area contributed by atoms with Crippen molar-refractivity contribution in [2.24, 2.45) is 5.73 Å². The Morgan fingerprint density at radius 3 is 2.41 bits per heavy atom. The van der Waals surface area contributed by atoms with Gasteiger partial charge in [0, 0.05) is 17.8 Å². The second-order valence-corrected chi connectivity index (χ2v) is 6.98. The summed E-state index contributed by atoms with van der Waals surface area (Å²) in [6, 6.07) is 0.206. The van der Waals surface area contributed by atoms with Crippen molar-refractivity contribution in [2.75, 3.05) is 11.5 Å². The van der Waals surface area contributed by atoms with Crippen LogP contribution in [0, 0.1) is 13.8 Å². The van der Waals surface area contributed by atoms with Crippen LogP contribution in [-0.4, -0.2) is 29.7 Å². The molecule has 2 heterocycles. The number of hydrogen-bond acceptors (Lipinski definition) is 4. The molecule has 17 heavy (non-hydrogen) atoms. The van der Waals surface area contributed by atoms with Crippen molar-refractivity contribution < 1.29 is 8.42 Å². The summed E-state index contributed by atoms with van der Waals surface area (Å²) in [5, 5.41) is 4.49. The number of aromatic nitrogens is 2. The lowest BCUT2D eigenvalue weighted by molar-refractivity contribution is 0.404. The number of hydrogen-bond donors (Lipinski definition) is 1. The van der Waals surface area contributed by atoms with Crippen molar-refractivity contribution in [1.29, 1.82) is 0 Å². The maximum absolute atomic E-state index is 11.4. The number of nitrogens with zero attached hydrogens (tertiary/aromatic N) is 2. The van der Waals surface area contributed by atoms with Crippen LogP contribution in [0.3, 0.4) is 0 Å². The Hall–Kier alpha value is -0.880. The second-order valence-electron chi connectivity index (χ2n) is 4.68. The van der Waals surface area contributed by atoms with Crippen molar-refractivity contribution in [3.63, 3.8) is 0 Å². The Labute approximate surface area is 102 Å². The molecule has 0 spiro atoms. The molecular weight excluding hydrogens is 238 g/mol. The molecular formula is C11H19N3O2S. The predicted octanol–water partition coefficient (Wildman–Crippen LogP) is 0.708. The normalized spacial score (nSPS) is 20.6. The molecule has 1 aromatic heterocycles. The van der Waals surface area contributed by atoms with Crippen molar-refractivity contribution in [1.82, 2.24) is 9.78 Å². The molecule has 6 heteroatoms. The molecule has 1 aromatic rings. The van der Waals surface area contributed by atoms with Gasteiger partial charge in [-0.25, -0.2) is 8.42 Å². The molecule has 1 saturated heterocycles. The quantitative estimate of drug-likeness (QED) is 0.846. The fourth-order valence-electron chi connectivity index (χ4n) is 2.47. The first-order chi connectivity index (χ1) is 7.94. The van der Waals surface area contributed by atoms with Gasteiger partial charge < -0.3 is 5.73 Å². The summed E-state index contributed by atoms with van der Waals surface area (Å²) in [5.74, 6) is 0.544. The van der Waals surface area contributed by atoms with Gasteiger partial charge in [0.05, 0.1) is 23.2 Å². The summed E-state index contributed by atoms with van der Waals surface area (Å²) < 4.78 is 24.7. The van der Waals surface area contributed by atoms with E-state index in [1.807, 2.05) is 18.5 Å². The highest BCUT2D eigenvalue weighted by molar-refractivity contribution is 7.91. The third-order valence-electron chi connectivity index (χ3n) is 3.55. The summed E-state index contributed by atoms with van der Waals surface area (Å²) >= 11 is 0. The molecule has 2 N–H and O–H groups in total. The SMILES string of the molecule is Cc1nn(C2CCS(=O)(=O)CC2)c(C)c1CN. The molecule has 0 bridgehead atoms. The van der Waals surface area contributed by atoms with Crippen LogP contribution < -0.4 is 5.73 Å². The Kier molecular flexibility index (Phi) is 3.27. The fraction of sp³-hybridized carbons (Fsp3) is 0.727. The van der Waals surface area contributed by atoms with Crippen LogP contribution in [0.25, 0.3) is 0 Å². The van der Waals surface area contributed by atoms with Gasteiger partial charge in [-0.3, -0.25) is 4.68 Å². The number of rotatable bonds is 2. The molecule has 0 saturated carbocycles. The van der Waals surface area contributed by atoms with Crippen LogP contribution in [0.15, 0.2) is 0 Å². The highest BCUT2D eigenvalue weighted by Crippen LogP contribution is 2.26. The van der Waals surface area contributed by atoms with Crippen molar-refractivity contribution in [3.8, 4) is 0 Å². The average molecular weight is 257 g/mol. The molecule has 2 rings (SSSR count). The highest BCUT2D eigenvalue weighted by atomic mass is 32.2. The van der Waals surface area contributed by atoms with Crippen LogP contribution >= 0.6 is 0 Å². The molecule has 0 amide bonds. The number of aryl methyl sites for hydroxylation is 1. The third-order valence-corrected chi connectivity index (χ3v) is 5.26. The van der Waals surface area contributed by atoms with E-state index in [1.54, 1.807) is 0 Å². The first-order valence-corrected chi connectivity index (χ1v) is 7.72. The minimum absolute atomic E-state index is 0.206. The van der Waals surface area contributed by atoms with E-state index in [0.29, 0.717) is 19.4 Å². The minimum Gasteiger partial charge on any atom is -0.326 e. The van der Waals surface area contributed by atoms with Crippen molar-refractivity contribution in [3.05, 3.63) is 17.0 Å². The third kappa shape index (κ3) is 2.37. The Morgan fingerprint density at radius 1 is 1.35 bits per heavy atom. The van der Waals surface area contributed by atoms with E-state index >= 15 is 0 Å². The van der Waals surface area contributed by atoms with E-state index in [-0.39, 0.29) is 17.5 Å². The summed E-state index contributed by atoms with van der Waals surface area (Å²) in [6.45, 7) is 4.44. The fourth-order valence-corrected chi connectivity index (χ4v) is 3.94. The van der Waals surface area contributed by atoms with E-state index in [9.17, 15) is 8.42 Å². The Balaban J connectivity index is 2.25. The minimum atomic E-state index is -2.81. The largest absolute Gasteiger partial charge is 0.326 e. The van der Waals surface area contributed by atoms with Gasteiger partial charge in [0.25, 0.3) is 0 Å². The standard InChI is InChI=1S/C11H19N3O2S/c1-8-11(7-12)9(2)14(13-8)10-3-5-17(15,16)6-4-10/h10H,3-7,12H2,1-2H3. The second kappa shape index (κ2) is 4.42. The monoisotopic (exact) mass is 257 g/mol. The first kappa shape index (κ1) is 12.6. The van der Waals surface area contributed by atoms with Crippen LogP contribution in [0.1, 0.15) is 35.8 Å². The van der Waals surface area contributed by atoms with E-state index in [4.69, 9.17) is 5.73 Å². The lowest BCUT2D eigenvalue weighted by atomic mass is 10.1. The summed E-state index contributed by atoms with van der Waals surface area (Å²) in [7, 11) is -2.81. The van der Waals surface area contributed by atoms with E-state index < -0.39 is 9.84 Å². The van der Waals surface area contributed by atoms with E-state index in [1.165, 1.54) is 0 Å². The molecule has 1 fully saturated rings. The van der Waals surface area contributed by atoms with Crippen LogP contribution in [-0.2, 0) is 16.4 Å². The maximum atomic E-state index is 11.4. The van der Waals surface area contributed by atoms with Crippen LogP contribution in [0.2, 0.25) is 0 Å². The Morgan fingerprint density at radius 2 is 1.94 bits per heavy atom. The van der Waals surface area contributed by atoms with Crippen LogP contribution in [0.5, 0.6) is 0 Å². The summed E-state index contributed by atoms with van der Waals surface area (Å²) in [6.07, 6.45) is 1.32. The smallest absolute Gasteiger partial charge is 0.150 e. The van der Waals surface area contributed by atoms with Gasteiger partial charge in [-0.05, 0) is 26.7 Å². The van der Waals surface area contributed by atoms with Gasteiger partial charge in [-0.2, -0.15) is 5.10 Å². The molecule has 0 atom stereocenters. The van der Waals surface area contributed by atoms with Gasteiger partial charge in [0.2, 0.25) is 0 Å². The van der Waals surface area contributed by atoms with Crippen molar-refractivity contribution in [2.45, 2.75) is 39.3 Å². The van der Waals surface area contributed by atoms with Gasteiger partial charge in [0.15, 0.2) is 0 Å². The lowest BCUT2D eigenvalue weighted by Crippen LogP contribution is -2.26. The number of sulfone groups is 1. The summed E-state index contributed by atoms with van der Waals surface area (Å²) in [5.41, 5.74) is 8.81. The molecule has 0 radical (unpaired) electrons. The van der Waals surface area contributed by atoms with Crippen molar-refractivity contribution >= 4 is 9.84 Å². The van der Waals surface area contributed by atoms with Gasteiger partial charge in [-0.1, -0.05) is 0 Å². The molecule has 5 nitrogen and oxygen atoms in total. The zero-order valence-corrected chi connectivity index (χ0v) is 11.1. The molecule has 0 unspecified atom stereocenters. The molecule has 1 aliphatic rings. The average Bonchev–Trinajstić information content (AvgIpc) is 2.54.